The number of ether oxygens (including phenoxy) is 5. The SMILES string of the molecule is CC(=O)N(CCN(C)c1ncc(C(=O)NO)cn1)C(C)(C)C.CC(=O)N(CCOC(C)(C)C)c1ccc(C(=O)NO)cn1.CC(C)(C)OCCNc1ccc(C(=O)NO)cn1.CC(C)(C)OCCOc1ccc(C(=O)NO)cn1.CCN(CCOC(C)(C)C)c1ccc(C(=O)NO)cn1.CN(CCNC(C)(C)C)c1ncc(C(=O)NO)cn1.CN(CCNc1ncc(C(=O)NO)cn1)C(C)(C)C. The Labute approximate surface area is 801 Å². The van der Waals surface area contributed by atoms with Crippen LogP contribution >= 0.6 is 0 Å². The highest BCUT2D eigenvalue weighted by atomic mass is 16.5. The number of hydrogen-bond acceptors (Lipinski definition) is 38. The molecule has 7 rings (SSSR count). The van der Waals surface area contributed by atoms with Crippen molar-refractivity contribution in [3.8, 4) is 5.88 Å². The summed E-state index contributed by atoms with van der Waals surface area (Å²) in [5.74, 6) is -0.784. The molecule has 0 saturated heterocycles. The molecule has 7 heterocycles. The molecule has 0 spiro atoms. The number of carbonyl (C=O) groups excluding carboxylic acids is 9. The van der Waals surface area contributed by atoms with Crippen molar-refractivity contribution in [1.82, 2.24) is 103 Å². The quantitative estimate of drug-likeness (QED) is 0.0101. The van der Waals surface area contributed by atoms with E-state index in [-0.39, 0.29) is 78.7 Å². The summed E-state index contributed by atoms with van der Waals surface area (Å²) in [5, 5.41) is 69.0. The van der Waals surface area contributed by atoms with Gasteiger partial charge in [-0.15, -0.1) is 0 Å². The van der Waals surface area contributed by atoms with Crippen LogP contribution in [0.25, 0.3) is 0 Å². The average Bonchev–Trinajstić information content (AvgIpc) is 0.857. The average molecular weight is 1930 g/mol. The lowest BCUT2D eigenvalue weighted by Gasteiger charge is -2.36. The number of hydrogen-bond donors (Lipinski definition) is 17. The van der Waals surface area contributed by atoms with Crippen LogP contribution in [-0.2, 0) is 28.5 Å². The van der Waals surface area contributed by atoms with Crippen molar-refractivity contribution in [1.29, 1.82) is 0 Å². The van der Waals surface area contributed by atoms with Crippen LogP contribution in [0.1, 0.15) is 239 Å². The zero-order chi connectivity index (χ0) is 104. The maximum Gasteiger partial charge on any atom is 0.277 e. The summed E-state index contributed by atoms with van der Waals surface area (Å²) in [4.78, 5) is 153. The predicted octanol–water partition coefficient (Wildman–Crippen LogP) is 7.87. The van der Waals surface area contributed by atoms with Gasteiger partial charge in [0.15, 0.2) is 0 Å². The van der Waals surface area contributed by atoms with Crippen LogP contribution in [0.15, 0.2) is 110 Å². The summed E-state index contributed by atoms with van der Waals surface area (Å²) in [6, 6.07) is 12.7. The van der Waals surface area contributed by atoms with E-state index in [9.17, 15) is 43.2 Å². The minimum absolute atomic E-state index is 0.0109. The van der Waals surface area contributed by atoms with Crippen LogP contribution in [0.5, 0.6) is 5.88 Å². The molecule has 9 amide bonds. The second-order valence-electron chi connectivity index (χ2n) is 36.8. The minimum Gasteiger partial charge on any atom is -0.475 e. The Balaban J connectivity index is 0.000000800. The lowest BCUT2D eigenvalue weighted by Crippen LogP contribution is -2.47. The molecule has 0 saturated carbocycles. The van der Waals surface area contributed by atoms with E-state index in [0.717, 1.165) is 38.5 Å². The highest BCUT2D eigenvalue weighted by Gasteiger charge is 2.26. The fourth-order valence-corrected chi connectivity index (χ4v) is 10.4. The summed E-state index contributed by atoms with van der Waals surface area (Å²) < 4.78 is 27.7. The Morgan fingerprint density at radius 3 is 1.05 bits per heavy atom. The van der Waals surface area contributed by atoms with E-state index in [2.05, 4.69) is 124 Å². The fraction of sp³-hybridized carbons (Fsp3) is 0.544. The van der Waals surface area contributed by atoms with Crippen molar-refractivity contribution in [2.45, 2.75) is 205 Å². The molecule has 0 aromatic carbocycles. The highest BCUT2D eigenvalue weighted by molar-refractivity contribution is 5.96. The molecule has 0 radical (unpaired) electrons. The van der Waals surface area contributed by atoms with Gasteiger partial charge in [-0.25, -0.2) is 88.2 Å². The van der Waals surface area contributed by atoms with Gasteiger partial charge in [0.1, 0.15) is 24.1 Å². The first-order valence-electron chi connectivity index (χ1n) is 43.6. The molecule has 0 bridgehead atoms. The van der Waals surface area contributed by atoms with Crippen LogP contribution in [-0.4, -0.2) is 308 Å². The van der Waals surface area contributed by atoms with E-state index < -0.39 is 41.4 Å². The molecule has 7 aromatic rings. The summed E-state index contributed by atoms with van der Waals surface area (Å²) in [7, 11) is 5.74. The molecule has 0 aliphatic carbocycles. The van der Waals surface area contributed by atoms with Gasteiger partial charge < -0.3 is 59.2 Å². The zero-order valence-electron chi connectivity index (χ0n) is 84.0. The van der Waals surface area contributed by atoms with E-state index in [1.807, 2.05) is 130 Å². The minimum atomic E-state index is -0.662. The molecular formula is C90H146N26O21. The van der Waals surface area contributed by atoms with Gasteiger partial charge in [0, 0.05) is 171 Å². The molecule has 0 unspecified atom stereocenters. The largest absolute Gasteiger partial charge is 0.475 e. The Morgan fingerprint density at radius 2 is 0.701 bits per heavy atom. The molecule has 0 aliphatic heterocycles. The Kier molecular flexibility index (Phi) is 54.3. The van der Waals surface area contributed by atoms with Crippen LogP contribution < -0.4 is 78.6 Å². The Morgan fingerprint density at radius 1 is 0.336 bits per heavy atom. The first kappa shape index (κ1) is 122. The molecule has 47 heteroatoms. The molecule has 7 aromatic heterocycles. The topological polar surface area (TPSA) is 610 Å². The van der Waals surface area contributed by atoms with E-state index in [1.54, 1.807) is 64.1 Å². The van der Waals surface area contributed by atoms with Gasteiger partial charge in [-0.3, -0.25) is 89.4 Å². The molecule has 17 N–H and O–H groups in total. The number of nitrogens with one attached hydrogen (secondary N) is 10. The lowest BCUT2D eigenvalue weighted by molar-refractivity contribution is -0.133. The van der Waals surface area contributed by atoms with Gasteiger partial charge in [0.2, 0.25) is 35.5 Å². The van der Waals surface area contributed by atoms with Crippen molar-refractivity contribution in [3.05, 3.63) is 149 Å². The van der Waals surface area contributed by atoms with Gasteiger partial charge in [-0.05, 0) is 202 Å². The van der Waals surface area contributed by atoms with Crippen LogP contribution in [0, 0.1) is 0 Å². The number of hydroxylamine groups is 7. The zero-order valence-corrected chi connectivity index (χ0v) is 84.0. The number of carbonyl (C=O) groups is 9. The number of aromatic nitrogens is 10. The standard InChI is InChI=1S/C14H23N5O3.C14H21N3O4.C14H23N3O3.2C12H21N5O2.C12H19N3O3.C12H18N2O4/c1-10(20)19(14(2,3)4)7-6-18(5)13-15-8-11(9-16-13)12(21)17-22;1-10(18)17(7-8-21-14(2,3)4)12-6-5-11(9-15-12)13(19)16-20;1-5-17(8-9-20-14(2,3)4)12-7-6-11(10-15-12)13(18)16-19;1-12(2,3)15-5-6-17(4)11-13-7-9(8-14-11)10(18)16-19;1-12(2,3)17(4)6-5-13-11-14-7-9(8-15-11)10(18)16-19;1-12(2,3)18-7-6-13-10-5-4-9(8-14-10)11(16)15-17;1-12(2,3)18-7-6-17-10-5-4-9(8-13-10)11(15)14-16/h8-9,22H,6-7H2,1-5H3,(H,17,21);5-6,9,20H,7-8H2,1-4H3,(H,16,19);6-7,10,19H,5,8-9H2,1-4H3,(H,16,18);7-8,15,19H,5-6H2,1-4H3,(H,16,18);7-8,19H,5-6H2,1-4H3,(H,16,18)(H,13,14,15);4-5,8,17H,6-7H2,1-3H3,(H,13,14)(H,15,16);4-5,8,16H,6-7H2,1-3H3,(H,14,15). The summed E-state index contributed by atoms with van der Waals surface area (Å²) in [6.07, 6.45) is 13.6. The maximum absolute atomic E-state index is 11.7. The van der Waals surface area contributed by atoms with Crippen molar-refractivity contribution < 1.29 is 103 Å². The molecule has 0 fully saturated rings. The van der Waals surface area contributed by atoms with E-state index in [1.165, 1.54) is 113 Å². The number of amides is 9. The third kappa shape index (κ3) is 52.9. The van der Waals surface area contributed by atoms with Gasteiger partial charge in [0.25, 0.3) is 41.4 Å². The molecule has 762 valence electrons. The highest BCUT2D eigenvalue weighted by Crippen LogP contribution is 2.20. The second kappa shape index (κ2) is 60.7. The van der Waals surface area contributed by atoms with Crippen LogP contribution in [0.4, 0.5) is 35.3 Å². The molecule has 0 aliphatic rings. The third-order valence-corrected chi connectivity index (χ3v) is 17.9. The maximum atomic E-state index is 11.7. The number of rotatable bonds is 36. The summed E-state index contributed by atoms with van der Waals surface area (Å²) >= 11 is 0. The fourth-order valence-electron chi connectivity index (χ4n) is 10.4. The van der Waals surface area contributed by atoms with Gasteiger partial charge in [-0.2, -0.15) is 0 Å². The van der Waals surface area contributed by atoms with Gasteiger partial charge >= 0.3 is 0 Å². The van der Waals surface area contributed by atoms with E-state index in [4.69, 9.17) is 60.1 Å². The van der Waals surface area contributed by atoms with E-state index in [0.29, 0.717) is 112 Å². The molecule has 0 atom stereocenters. The number of anilines is 6. The normalized spacial score (nSPS) is 11.2. The number of likely N-dealkylation sites (N-methyl/N-ethyl adjacent to an activating group) is 4. The first-order valence-corrected chi connectivity index (χ1v) is 43.6. The summed E-state index contributed by atoms with van der Waals surface area (Å²) in [5.41, 5.74) is 11.6. The van der Waals surface area contributed by atoms with Crippen molar-refractivity contribution in [3.63, 3.8) is 0 Å². The lowest BCUT2D eigenvalue weighted by atomic mass is 10.1. The molecular weight excluding hydrogens is 1780 g/mol. The van der Waals surface area contributed by atoms with Crippen molar-refractivity contribution >= 4 is 88.5 Å². The third-order valence-electron chi connectivity index (χ3n) is 17.9. The van der Waals surface area contributed by atoms with Crippen LogP contribution in [0.3, 0.4) is 0 Å². The number of nitrogens with zero attached hydrogens (tertiary/aromatic N) is 16. The van der Waals surface area contributed by atoms with E-state index >= 15 is 0 Å². The van der Waals surface area contributed by atoms with Gasteiger partial charge in [0.05, 0.1) is 94.3 Å². The van der Waals surface area contributed by atoms with Crippen LogP contribution in [0.2, 0.25) is 0 Å². The monoisotopic (exact) mass is 1930 g/mol. The second-order valence-corrected chi connectivity index (χ2v) is 36.8. The van der Waals surface area contributed by atoms with Crippen molar-refractivity contribution in [2.75, 3.05) is 150 Å². The Bertz CT molecular complexity index is 4620. The smallest absolute Gasteiger partial charge is 0.277 e. The van der Waals surface area contributed by atoms with Crippen molar-refractivity contribution in [2.24, 2.45) is 0 Å². The number of pyridine rings is 4. The molecule has 47 nitrogen and oxygen atoms in total. The summed E-state index contributed by atoms with van der Waals surface area (Å²) in [6.45, 7) is 56.6. The first-order chi connectivity index (χ1) is 63.8. The predicted molar refractivity (Wildman–Crippen MR) is 513 cm³/mol. The van der Waals surface area contributed by atoms with Gasteiger partial charge in [-0.1, -0.05) is 0 Å². The molecule has 137 heavy (non-hydrogen) atoms. The Hall–Kier alpha value is -12.6.